The van der Waals surface area contributed by atoms with Gasteiger partial charge in [-0.3, -0.25) is 4.79 Å². The fourth-order valence-corrected chi connectivity index (χ4v) is 6.87. The summed E-state index contributed by atoms with van der Waals surface area (Å²) in [5, 5.41) is 4.60. The van der Waals surface area contributed by atoms with Gasteiger partial charge < -0.3 is 11.1 Å². The summed E-state index contributed by atoms with van der Waals surface area (Å²) in [7, 11) is 0. The molecule has 2 bridgehead atoms. The Morgan fingerprint density at radius 1 is 1.11 bits per heavy atom. The van der Waals surface area contributed by atoms with Crippen molar-refractivity contribution in [1.82, 2.24) is 10.3 Å². The lowest BCUT2D eigenvalue weighted by Crippen LogP contribution is -2.55. The minimum atomic E-state index is -0.0121. The van der Waals surface area contributed by atoms with E-state index in [-0.39, 0.29) is 17.7 Å². The standard InChI is InChI=1S/C23H29N3OS/c24-16-12-14-6-5-7-15(13-16)21(14)26-22(27)17-8-1-2-9-18(17)23-25-19-10-3-4-11-20(19)28-23/h1-4,10-11,14-18,21H,5-9,12-13,24H2,(H,26,27). The second-order valence-electron chi connectivity index (χ2n) is 8.89. The van der Waals surface area contributed by atoms with E-state index in [4.69, 9.17) is 10.7 Å². The first-order valence-corrected chi connectivity index (χ1v) is 11.6. The summed E-state index contributed by atoms with van der Waals surface area (Å²) >= 11 is 1.75. The van der Waals surface area contributed by atoms with Crippen LogP contribution in [0.1, 0.15) is 55.9 Å². The SMILES string of the molecule is NC1CC2CCCC(C1)C2NC(=O)C1CC=CCC1c1nc2ccccc2s1. The summed E-state index contributed by atoms with van der Waals surface area (Å²) in [5.74, 6) is 1.53. The molecule has 0 radical (unpaired) electrons. The molecule has 0 aliphatic heterocycles. The highest BCUT2D eigenvalue weighted by molar-refractivity contribution is 7.18. The molecule has 1 aromatic heterocycles. The van der Waals surface area contributed by atoms with Crippen LogP contribution in [-0.4, -0.2) is 23.0 Å². The van der Waals surface area contributed by atoms with E-state index in [1.165, 1.54) is 24.0 Å². The van der Waals surface area contributed by atoms with E-state index in [1.807, 2.05) is 6.07 Å². The Balaban J connectivity index is 1.36. The predicted octanol–water partition coefficient (Wildman–Crippen LogP) is 4.37. The Kier molecular flexibility index (Phi) is 4.97. The summed E-state index contributed by atoms with van der Waals surface area (Å²) < 4.78 is 1.21. The van der Waals surface area contributed by atoms with E-state index >= 15 is 0 Å². The number of nitrogens with zero attached hydrogens (tertiary/aromatic N) is 1. The predicted molar refractivity (Wildman–Crippen MR) is 114 cm³/mol. The highest BCUT2D eigenvalue weighted by Crippen LogP contribution is 2.42. The topological polar surface area (TPSA) is 68.0 Å². The molecule has 0 spiro atoms. The van der Waals surface area contributed by atoms with Crippen molar-refractivity contribution in [3.63, 3.8) is 0 Å². The molecule has 2 saturated carbocycles. The van der Waals surface area contributed by atoms with Crippen LogP contribution in [-0.2, 0) is 4.79 Å². The van der Waals surface area contributed by atoms with Crippen LogP contribution in [0.3, 0.4) is 0 Å². The van der Waals surface area contributed by atoms with Crippen LogP contribution < -0.4 is 11.1 Å². The Hall–Kier alpha value is -1.72. The minimum absolute atomic E-state index is 0.0121. The van der Waals surface area contributed by atoms with Crippen molar-refractivity contribution in [3.05, 3.63) is 41.4 Å². The Morgan fingerprint density at radius 3 is 2.64 bits per heavy atom. The van der Waals surface area contributed by atoms with E-state index in [1.54, 1.807) is 11.3 Å². The average Bonchev–Trinajstić information content (AvgIpc) is 3.13. The first-order chi connectivity index (χ1) is 13.7. The molecule has 3 aliphatic carbocycles. The van der Waals surface area contributed by atoms with Crippen molar-refractivity contribution in [2.24, 2.45) is 23.5 Å². The minimum Gasteiger partial charge on any atom is -0.353 e. The van der Waals surface area contributed by atoms with Crippen LogP contribution in [0.5, 0.6) is 0 Å². The van der Waals surface area contributed by atoms with Gasteiger partial charge in [0.2, 0.25) is 5.91 Å². The van der Waals surface area contributed by atoms with E-state index in [0.29, 0.717) is 23.9 Å². The summed E-state index contributed by atoms with van der Waals surface area (Å²) in [6, 6.07) is 8.91. The number of benzene rings is 1. The number of amides is 1. The number of fused-ring (bicyclic) bond motifs is 3. The molecular weight excluding hydrogens is 366 g/mol. The van der Waals surface area contributed by atoms with Gasteiger partial charge in [0.05, 0.1) is 21.1 Å². The molecule has 3 N–H and O–H groups in total. The number of nitrogens with one attached hydrogen (secondary N) is 1. The molecule has 4 unspecified atom stereocenters. The summed E-state index contributed by atoms with van der Waals surface area (Å²) in [6.45, 7) is 0. The number of carbonyl (C=O) groups is 1. The molecule has 1 amide bonds. The molecule has 1 heterocycles. The number of hydrogen-bond acceptors (Lipinski definition) is 4. The zero-order valence-electron chi connectivity index (χ0n) is 16.2. The van der Waals surface area contributed by atoms with Crippen LogP contribution in [0.15, 0.2) is 36.4 Å². The molecular formula is C23H29N3OS. The second kappa shape index (κ2) is 7.60. The third-order valence-electron chi connectivity index (χ3n) is 7.08. The Bertz CT molecular complexity index is 844. The first-order valence-electron chi connectivity index (χ1n) is 10.8. The number of para-hydroxylation sites is 1. The van der Waals surface area contributed by atoms with Gasteiger partial charge in [0.25, 0.3) is 0 Å². The molecule has 148 valence electrons. The number of thiazole rings is 1. The molecule has 0 saturated heterocycles. The third kappa shape index (κ3) is 3.39. The molecule has 3 aliphatic rings. The summed E-state index contributed by atoms with van der Waals surface area (Å²) in [6.07, 6.45) is 11.9. The maximum Gasteiger partial charge on any atom is 0.224 e. The fourth-order valence-electron chi connectivity index (χ4n) is 5.72. The van der Waals surface area contributed by atoms with Gasteiger partial charge in [0.1, 0.15) is 0 Å². The van der Waals surface area contributed by atoms with E-state index in [0.717, 1.165) is 36.2 Å². The van der Waals surface area contributed by atoms with Crippen LogP contribution in [0, 0.1) is 17.8 Å². The zero-order valence-corrected chi connectivity index (χ0v) is 17.0. The quantitative estimate of drug-likeness (QED) is 0.759. The maximum absolute atomic E-state index is 13.4. The number of aromatic nitrogens is 1. The van der Waals surface area contributed by atoms with Crippen molar-refractivity contribution in [1.29, 1.82) is 0 Å². The molecule has 1 aromatic carbocycles. The van der Waals surface area contributed by atoms with Crippen LogP contribution in [0.25, 0.3) is 10.2 Å². The molecule has 2 aromatic rings. The first kappa shape index (κ1) is 18.3. The molecule has 5 heteroatoms. The third-order valence-corrected chi connectivity index (χ3v) is 8.25. The normalized spacial score (nSPS) is 35.0. The van der Waals surface area contributed by atoms with Gasteiger partial charge in [-0.2, -0.15) is 0 Å². The van der Waals surface area contributed by atoms with Crippen molar-refractivity contribution < 1.29 is 4.79 Å². The fraction of sp³-hybridized carbons (Fsp3) is 0.565. The van der Waals surface area contributed by atoms with Gasteiger partial charge in [0, 0.05) is 18.0 Å². The van der Waals surface area contributed by atoms with Crippen molar-refractivity contribution in [2.75, 3.05) is 0 Å². The Labute approximate surface area is 170 Å². The highest BCUT2D eigenvalue weighted by Gasteiger charge is 2.41. The molecule has 28 heavy (non-hydrogen) atoms. The van der Waals surface area contributed by atoms with Gasteiger partial charge in [-0.15, -0.1) is 11.3 Å². The van der Waals surface area contributed by atoms with E-state index in [9.17, 15) is 4.79 Å². The van der Waals surface area contributed by atoms with Crippen molar-refractivity contribution in [3.8, 4) is 0 Å². The largest absolute Gasteiger partial charge is 0.353 e. The smallest absolute Gasteiger partial charge is 0.224 e. The van der Waals surface area contributed by atoms with Gasteiger partial charge in [-0.05, 0) is 62.5 Å². The Morgan fingerprint density at radius 2 is 1.86 bits per heavy atom. The van der Waals surface area contributed by atoms with E-state index in [2.05, 4.69) is 35.7 Å². The maximum atomic E-state index is 13.4. The van der Waals surface area contributed by atoms with Crippen LogP contribution in [0.2, 0.25) is 0 Å². The molecule has 4 atom stereocenters. The lowest BCUT2D eigenvalue weighted by atomic mass is 9.66. The number of allylic oxidation sites excluding steroid dienone is 2. The van der Waals surface area contributed by atoms with Crippen LogP contribution in [0.4, 0.5) is 0 Å². The molecule has 5 rings (SSSR count). The number of carbonyl (C=O) groups excluding carboxylic acids is 1. The highest BCUT2D eigenvalue weighted by atomic mass is 32.1. The van der Waals surface area contributed by atoms with Gasteiger partial charge in [-0.1, -0.05) is 30.7 Å². The number of nitrogens with two attached hydrogens (primary N) is 1. The lowest BCUT2D eigenvalue weighted by molar-refractivity contribution is -0.128. The second-order valence-corrected chi connectivity index (χ2v) is 9.95. The molecule has 4 nitrogen and oxygen atoms in total. The van der Waals surface area contributed by atoms with Crippen molar-refractivity contribution >= 4 is 27.5 Å². The van der Waals surface area contributed by atoms with Crippen molar-refractivity contribution in [2.45, 2.75) is 62.9 Å². The van der Waals surface area contributed by atoms with E-state index < -0.39 is 0 Å². The monoisotopic (exact) mass is 395 g/mol. The van der Waals surface area contributed by atoms with Gasteiger partial charge in [0.15, 0.2) is 0 Å². The lowest BCUT2D eigenvalue weighted by Gasteiger charge is -2.45. The van der Waals surface area contributed by atoms with Crippen LogP contribution >= 0.6 is 11.3 Å². The van der Waals surface area contributed by atoms with Gasteiger partial charge >= 0.3 is 0 Å². The molecule has 2 fully saturated rings. The average molecular weight is 396 g/mol. The zero-order chi connectivity index (χ0) is 19.1. The number of hydrogen-bond donors (Lipinski definition) is 2. The summed E-state index contributed by atoms with van der Waals surface area (Å²) in [4.78, 5) is 18.2. The summed E-state index contributed by atoms with van der Waals surface area (Å²) in [5.41, 5.74) is 7.32. The number of rotatable bonds is 3. The van der Waals surface area contributed by atoms with Gasteiger partial charge in [-0.25, -0.2) is 4.98 Å².